The van der Waals surface area contributed by atoms with Crippen LogP contribution in [0.15, 0.2) is 0 Å². The van der Waals surface area contributed by atoms with E-state index in [0.29, 0.717) is 6.04 Å². The Morgan fingerprint density at radius 3 is 2.50 bits per heavy atom. The molecule has 2 heteroatoms. The Kier molecular flexibility index (Phi) is 3.45. The molecular formula is C12H23NO. The number of piperidine rings is 1. The Hall–Kier alpha value is -0.0800. The lowest BCUT2D eigenvalue weighted by Crippen LogP contribution is -2.43. The summed E-state index contributed by atoms with van der Waals surface area (Å²) < 4.78 is 0. The molecule has 2 fully saturated rings. The van der Waals surface area contributed by atoms with Crippen molar-refractivity contribution in [1.29, 1.82) is 0 Å². The van der Waals surface area contributed by atoms with Crippen LogP contribution in [0.3, 0.4) is 0 Å². The molecule has 2 aliphatic rings. The summed E-state index contributed by atoms with van der Waals surface area (Å²) in [5, 5.41) is 13.9. The first-order valence-corrected chi connectivity index (χ1v) is 6.24. The van der Waals surface area contributed by atoms with Crippen molar-refractivity contribution in [1.82, 2.24) is 5.32 Å². The minimum absolute atomic E-state index is 0.326. The van der Waals surface area contributed by atoms with Crippen molar-refractivity contribution in [3.05, 3.63) is 0 Å². The third-order valence-electron chi connectivity index (χ3n) is 3.82. The maximum Gasteiger partial charge on any atom is 0.0662 e. The average Bonchev–Trinajstić information content (AvgIpc) is 2.19. The highest BCUT2D eigenvalue weighted by Crippen LogP contribution is 2.33. The van der Waals surface area contributed by atoms with Crippen LogP contribution in [0.4, 0.5) is 0 Å². The molecule has 0 radical (unpaired) electrons. The van der Waals surface area contributed by atoms with Gasteiger partial charge in [0.1, 0.15) is 0 Å². The van der Waals surface area contributed by atoms with Crippen LogP contribution >= 0.6 is 0 Å². The summed E-state index contributed by atoms with van der Waals surface area (Å²) in [6.07, 6.45) is 10.8. The quantitative estimate of drug-likeness (QED) is 0.711. The summed E-state index contributed by atoms with van der Waals surface area (Å²) in [6.45, 7) is 1.15. The number of hydrogen-bond acceptors (Lipinski definition) is 2. The third kappa shape index (κ3) is 2.71. The number of nitrogens with one attached hydrogen (secondary N) is 1. The zero-order chi connectivity index (χ0) is 9.86. The maximum absolute atomic E-state index is 10.4. The molecule has 0 bridgehead atoms. The molecule has 1 atom stereocenters. The van der Waals surface area contributed by atoms with Gasteiger partial charge in [-0.05, 0) is 38.6 Å². The van der Waals surface area contributed by atoms with E-state index in [-0.39, 0.29) is 5.60 Å². The van der Waals surface area contributed by atoms with Crippen LogP contribution in [-0.4, -0.2) is 23.3 Å². The fourth-order valence-corrected chi connectivity index (χ4v) is 2.97. The fourth-order valence-electron chi connectivity index (χ4n) is 2.97. The molecule has 2 nitrogen and oxygen atoms in total. The summed E-state index contributed by atoms with van der Waals surface area (Å²) in [6, 6.07) is 0.590. The number of hydrogen-bond donors (Lipinski definition) is 2. The van der Waals surface area contributed by atoms with Crippen LogP contribution in [0.1, 0.15) is 57.8 Å². The summed E-state index contributed by atoms with van der Waals surface area (Å²) >= 11 is 0. The van der Waals surface area contributed by atoms with E-state index in [1.54, 1.807) is 0 Å². The second-order valence-corrected chi connectivity index (χ2v) is 5.14. The molecule has 2 rings (SSSR count). The number of aliphatic hydroxyl groups is 1. The van der Waals surface area contributed by atoms with Gasteiger partial charge in [-0.15, -0.1) is 0 Å². The Bertz CT molecular complexity index is 169. The maximum atomic E-state index is 10.4. The second-order valence-electron chi connectivity index (χ2n) is 5.14. The molecule has 1 saturated heterocycles. The highest BCUT2D eigenvalue weighted by Gasteiger charge is 2.32. The van der Waals surface area contributed by atoms with Crippen molar-refractivity contribution in [3.63, 3.8) is 0 Å². The van der Waals surface area contributed by atoms with Gasteiger partial charge in [-0.25, -0.2) is 0 Å². The van der Waals surface area contributed by atoms with E-state index >= 15 is 0 Å². The first kappa shape index (κ1) is 10.4. The van der Waals surface area contributed by atoms with Crippen molar-refractivity contribution in [2.75, 3.05) is 6.54 Å². The van der Waals surface area contributed by atoms with Crippen molar-refractivity contribution in [2.24, 2.45) is 0 Å². The van der Waals surface area contributed by atoms with E-state index in [1.807, 2.05) is 0 Å². The van der Waals surface area contributed by atoms with Gasteiger partial charge in [0.05, 0.1) is 5.60 Å². The first-order chi connectivity index (χ1) is 6.79. The minimum atomic E-state index is -0.326. The van der Waals surface area contributed by atoms with Gasteiger partial charge < -0.3 is 10.4 Å². The van der Waals surface area contributed by atoms with Crippen molar-refractivity contribution in [2.45, 2.75) is 69.4 Å². The van der Waals surface area contributed by atoms with Gasteiger partial charge >= 0.3 is 0 Å². The molecule has 0 amide bonds. The molecule has 0 aromatic heterocycles. The van der Waals surface area contributed by atoms with Gasteiger partial charge in [-0.2, -0.15) is 0 Å². The van der Waals surface area contributed by atoms with Crippen molar-refractivity contribution < 1.29 is 5.11 Å². The van der Waals surface area contributed by atoms with Crippen LogP contribution < -0.4 is 5.32 Å². The average molecular weight is 197 g/mol. The van der Waals surface area contributed by atoms with Gasteiger partial charge in [-0.3, -0.25) is 0 Å². The van der Waals surface area contributed by atoms with Gasteiger partial charge in [0.15, 0.2) is 0 Å². The Morgan fingerprint density at radius 1 is 1.07 bits per heavy atom. The van der Waals surface area contributed by atoms with E-state index < -0.39 is 0 Å². The molecule has 0 aromatic carbocycles. The molecule has 0 spiro atoms. The van der Waals surface area contributed by atoms with E-state index in [2.05, 4.69) is 5.32 Å². The smallest absolute Gasteiger partial charge is 0.0662 e. The molecule has 1 saturated carbocycles. The van der Waals surface area contributed by atoms with Gasteiger partial charge in [0.2, 0.25) is 0 Å². The monoisotopic (exact) mass is 197 g/mol. The normalized spacial score (nSPS) is 32.8. The highest BCUT2D eigenvalue weighted by atomic mass is 16.3. The lowest BCUT2D eigenvalue weighted by atomic mass is 9.79. The van der Waals surface area contributed by atoms with Crippen molar-refractivity contribution in [3.8, 4) is 0 Å². The van der Waals surface area contributed by atoms with Crippen LogP contribution in [0.2, 0.25) is 0 Å². The first-order valence-electron chi connectivity index (χ1n) is 6.24. The van der Waals surface area contributed by atoms with Gasteiger partial charge in [0, 0.05) is 6.04 Å². The molecule has 2 N–H and O–H groups in total. The Balaban J connectivity index is 1.81. The molecule has 1 aliphatic carbocycles. The molecule has 1 heterocycles. The van der Waals surface area contributed by atoms with E-state index in [0.717, 1.165) is 25.8 Å². The molecule has 14 heavy (non-hydrogen) atoms. The molecular weight excluding hydrogens is 174 g/mol. The predicted molar refractivity (Wildman–Crippen MR) is 58.3 cm³/mol. The van der Waals surface area contributed by atoms with Gasteiger partial charge in [0.25, 0.3) is 0 Å². The van der Waals surface area contributed by atoms with E-state index in [1.165, 1.54) is 38.5 Å². The molecule has 0 unspecified atom stereocenters. The highest BCUT2D eigenvalue weighted by molar-refractivity contribution is 4.88. The summed E-state index contributed by atoms with van der Waals surface area (Å²) in [4.78, 5) is 0. The molecule has 0 aromatic rings. The van der Waals surface area contributed by atoms with Crippen LogP contribution in [0.25, 0.3) is 0 Å². The molecule has 82 valence electrons. The van der Waals surface area contributed by atoms with E-state index in [4.69, 9.17) is 0 Å². The lowest BCUT2D eigenvalue weighted by Gasteiger charge is -2.36. The second kappa shape index (κ2) is 4.63. The topological polar surface area (TPSA) is 32.3 Å². The standard InChI is InChI=1S/C12H23NO/c14-12(7-3-1-4-8-12)10-11-6-2-5-9-13-11/h11,13-14H,1-10H2/t11-/m0/s1. The van der Waals surface area contributed by atoms with Crippen molar-refractivity contribution >= 4 is 0 Å². The van der Waals surface area contributed by atoms with Crippen LogP contribution in [0.5, 0.6) is 0 Å². The minimum Gasteiger partial charge on any atom is -0.390 e. The Labute approximate surface area is 87.1 Å². The third-order valence-corrected chi connectivity index (χ3v) is 3.82. The van der Waals surface area contributed by atoms with E-state index in [9.17, 15) is 5.11 Å². The SMILES string of the molecule is OC1(C[C@@H]2CCCCN2)CCCCC1. The predicted octanol–water partition coefficient (Wildman–Crippen LogP) is 2.21. The van der Waals surface area contributed by atoms with Gasteiger partial charge in [-0.1, -0.05) is 25.7 Å². The zero-order valence-corrected chi connectivity index (χ0v) is 9.10. The zero-order valence-electron chi connectivity index (χ0n) is 9.10. The summed E-state index contributed by atoms with van der Waals surface area (Å²) in [5.41, 5.74) is -0.326. The Morgan fingerprint density at radius 2 is 1.86 bits per heavy atom. The largest absolute Gasteiger partial charge is 0.390 e. The van der Waals surface area contributed by atoms with Crippen LogP contribution in [0, 0.1) is 0 Å². The fraction of sp³-hybridized carbons (Fsp3) is 1.00. The number of rotatable bonds is 2. The molecule has 1 aliphatic heterocycles. The lowest BCUT2D eigenvalue weighted by molar-refractivity contribution is -0.0144. The van der Waals surface area contributed by atoms with Crippen LogP contribution in [-0.2, 0) is 0 Å². The summed E-state index contributed by atoms with van der Waals surface area (Å²) in [5.74, 6) is 0. The summed E-state index contributed by atoms with van der Waals surface area (Å²) in [7, 11) is 0.